The molecule has 0 fully saturated rings. The fourth-order valence-corrected chi connectivity index (χ4v) is 4.06. The van der Waals surface area contributed by atoms with Crippen molar-refractivity contribution in [2.45, 2.75) is 11.4 Å². The zero-order chi connectivity index (χ0) is 17.1. The number of aromatic amines is 1. The van der Waals surface area contributed by atoms with E-state index in [1.807, 2.05) is 18.2 Å². The predicted molar refractivity (Wildman–Crippen MR) is 93.5 cm³/mol. The van der Waals surface area contributed by atoms with Gasteiger partial charge in [-0.25, -0.2) is 8.42 Å². The van der Waals surface area contributed by atoms with Crippen molar-refractivity contribution in [2.24, 2.45) is 0 Å². The number of hydrogen-bond donors (Lipinski definition) is 4. The zero-order valence-electron chi connectivity index (χ0n) is 12.9. The summed E-state index contributed by atoms with van der Waals surface area (Å²) in [5.74, 6) is 0.138. The van der Waals surface area contributed by atoms with Crippen LogP contribution in [0.3, 0.4) is 0 Å². The first kappa shape index (κ1) is 14.8. The number of nitrogens with two attached hydrogens (primary N) is 2. The van der Waals surface area contributed by atoms with Gasteiger partial charge in [0.2, 0.25) is 5.95 Å². The smallest absolute Gasteiger partial charge is 0.223 e. The first-order valence-electron chi connectivity index (χ1n) is 7.37. The number of nitrogens with one attached hydrogen (secondary N) is 2. The van der Waals surface area contributed by atoms with Gasteiger partial charge < -0.3 is 21.8 Å². The number of fused-ring (bicyclic) bond motifs is 2. The Morgan fingerprint density at radius 1 is 1.21 bits per heavy atom. The van der Waals surface area contributed by atoms with Crippen LogP contribution in [0.2, 0.25) is 0 Å². The van der Waals surface area contributed by atoms with Crippen molar-refractivity contribution >= 4 is 38.3 Å². The van der Waals surface area contributed by atoms with Crippen LogP contribution in [0.15, 0.2) is 23.2 Å². The van der Waals surface area contributed by atoms with E-state index in [0.717, 1.165) is 36.0 Å². The fourth-order valence-electron chi connectivity index (χ4n) is 3.20. The van der Waals surface area contributed by atoms with Crippen LogP contribution in [0.5, 0.6) is 0 Å². The average molecular weight is 344 g/mol. The van der Waals surface area contributed by atoms with Crippen molar-refractivity contribution < 1.29 is 8.42 Å². The van der Waals surface area contributed by atoms with Crippen molar-refractivity contribution in [2.75, 3.05) is 29.6 Å². The lowest BCUT2D eigenvalue weighted by Gasteiger charge is -2.10. The van der Waals surface area contributed by atoms with E-state index >= 15 is 0 Å². The van der Waals surface area contributed by atoms with Crippen molar-refractivity contribution in [3.05, 3.63) is 23.8 Å². The van der Waals surface area contributed by atoms with Gasteiger partial charge in [-0.3, -0.25) is 0 Å². The maximum absolute atomic E-state index is 12.3. The van der Waals surface area contributed by atoms with Gasteiger partial charge in [-0.2, -0.15) is 9.97 Å². The second-order valence-electron chi connectivity index (χ2n) is 5.81. The molecular formula is C15H16N6O2S. The van der Waals surface area contributed by atoms with Gasteiger partial charge in [-0.15, -0.1) is 0 Å². The van der Waals surface area contributed by atoms with Crippen LogP contribution in [0.4, 0.5) is 17.5 Å². The molecule has 8 nitrogen and oxygen atoms in total. The molecule has 0 saturated carbocycles. The molecule has 1 aromatic carbocycles. The molecule has 24 heavy (non-hydrogen) atoms. The molecule has 3 heterocycles. The molecule has 2 aromatic heterocycles. The van der Waals surface area contributed by atoms with E-state index < -0.39 is 9.84 Å². The lowest BCUT2D eigenvalue weighted by molar-refractivity contribution is 0.599. The molecule has 0 amide bonds. The standard InChI is InChI=1S/C15H16N6O2S/c1-24(22,23)14-9(8-4-2-3-7-5-6-18-11(7)8)10-12(16)19-15(17)21-13(10)20-14/h2-4,18H,5-6H2,1H3,(H5,16,17,19,20,21). The second-order valence-corrected chi connectivity index (χ2v) is 7.76. The Kier molecular flexibility index (Phi) is 2.98. The fraction of sp³-hybridized carbons (Fsp3) is 0.200. The number of aromatic nitrogens is 3. The normalized spacial score (nSPS) is 13.9. The quantitative estimate of drug-likeness (QED) is 0.547. The molecule has 9 heteroatoms. The van der Waals surface area contributed by atoms with Crippen molar-refractivity contribution in [3.8, 4) is 11.1 Å². The maximum atomic E-state index is 12.3. The highest BCUT2D eigenvalue weighted by Crippen LogP contribution is 2.42. The molecule has 0 bridgehead atoms. The number of rotatable bonds is 2. The first-order chi connectivity index (χ1) is 11.4. The van der Waals surface area contributed by atoms with Gasteiger partial charge in [-0.1, -0.05) is 18.2 Å². The van der Waals surface area contributed by atoms with Crippen molar-refractivity contribution in [1.82, 2.24) is 15.0 Å². The molecule has 3 aromatic rings. The highest BCUT2D eigenvalue weighted by molar-refractivity contribution is 7.90. The summed E-state index contributed by atoms with van der Waals surface area (Å²) < 4.78 is 24.6. The van der Waals surface area contributed by atoms with Gasteiger partial charge in [0.1, 0.15) is 16.5 Å². The van der Waals surface area contributed by atoms with Crippen LogP contribution in [0, 0.1) is 0 Å². The molecule has 0 saturated heterocycles. The first-order valence-corrected chi connectivity index (χ1v) is 9.26. The number of sulfone groups is 1. The van der Waals surface area contributed by atoms with Crippen LogP contribution < -0.4 is 16.8 Å². The van der Waals surface area contributed by atoms with Crippen LogP contribution in [0.25, 0.3) is 22.2 Å². The Morgan fingerprint density at radius 3 is 2.75 bits per heavy atom. The van der Waals surface area contributed by atoms with E-state index in [2.05, 4.69) is 20.3 Å². The average Bonchev–Trinajstić information content (AvgIpc) is 3.09. The number of nitrogen functional groups attached to an aromatic ring is 2. The highest BCUT2D eigenvalue weighted by Gasteiger charge is 2.27. The molecule has 0 radical (unpaired) electrons. The third-order valence-corrected chi connectivity index (χ3v) is 5.20. The summed E-state index contributed by atoms with van der Waals surface area (Å²) in [5, 5.41) is 3.84. The van der Waals surface area contributed by atoms with Gasteiger partial charge in [0, 0.05) is 29.6 Å². The largest absolute Gasteiger partial charge is 0.384 e. The maximum Gasteiger partial charge on any atom is 0.223 e. The Labute approximate surface area is 138 Å². The summed E-state index contributed by atoms with van der Waals surface area (Å²) in [5.41, 5.74) is 15.3. The van der Waals surface area contributed by atoms with Gasteiger partial charge in [0.25, 0.3) is 0 Å². The van der Waals surface area contributed by atoms with E-state index in [1.165, 1.54) is 0 Å². The second kappa shape index (κ2) is 4.84. The predicted octanol–water partition coefficient (Wildman–Crippen LogP) is 1.16. The minimum atomic E-state index is -3.54. The third-order valence-electron chi connectivity index (χ3n) is 4.15. The number of H-pyrrole nitrogens is 1. The minimum absolute atomic E-state index is 0.00994. The number of anilines is 3. The Balaban J connectivity index is 2.17. The van der Waals surface area contributed by atoms with E-state index in [9.17, 15) is 8.42 Å². The van der Waals surface area contributed by atoms with Crippen LogP contribution >= 0.6 is 0 Å². The summed E-state index contributed by atoms with van der Waals surface area (Å²) >= 11 is 0. The Morgan fingerprint density at radius 2 is 2.00 bits per heavy atom. The molecule has 124 valence electrons. The molecule has 4 rings (SSSR count). The van der Waals surface area contributed by atoms with Crippen molar-refractivity contribution in [3.63, 3.8) is 0 Å². The lowest BCUT2D eigenvalue weighted by Crippen LogP contribution is -2.01. The van der Waals surface area contributed by atoms with Crippen LogP contribution in [-0.4, -0.2) is 36.2 Å². The minimum Gasteiger partial charge on any atom is -0.384 e. The molecule has 6 N–H and O–H groups in total. The number of benzene rings is 1. The molecule has 0 unspecified atom stereocenters. The molecule has 1 aliphatic heterocycles. The topological polar surface area (TPSA) is 140 Å². The molecule has 1 aliphatic rings. The van der Waals surface area contributed by atoms with Gasteiger partial charge >= 0.3 is 0 Å². The Bertz CT molecular complexity index is 1090. The summed E-state index contributed by atoms with van der Waals surface area (Å²) in [6.07, 6.45) is 2.03. The summed E-state index contributed by atoms with van der Waals surface area (Å²) in [6, 6.07) is 5.79. The monoisotopic (exact) mass is 344 g/mol. The molecule has 0 aliphatic carbocycles. The third kappa shape index (κ3) is 2.08. The summed E-state index contributed by atoms with van der Waals surface area (Å²) in [6.45, 7) is 0.807. The van der Waals surface area contributed by atoms with Gasteiger partial charge in [0.15, 0.2) is 9.84 Å². The summed E-state index contributed by atoms with van der Waals surface area (Å²) in [4.78, 5) is 10.9. The van der Waals surface area contributed by atoms with Crippen LogP contribution in [0.1, 0.15) is 5.56 Å². The van der Waals surface area contributed by atoms with Gasteiger partial charge in [0.05, 0.1) is 5.39 Å². The number of para-hydroxylation sites is 1. The summed E-state index contributed by atoms with van der Waals surface area (Å²) in [7, 11) is -3.54. The Hall–Kier alpha value is -2.81. The molecule has 0 spiro atoms. The molecular weight excluding hydrogens is 328 g/mol. The van der Waals surface area contributed by atoms with E-state index in [4.69, 9.17) is 11.5 Å². The van der Waals surface area contributed by atoms with Crippen LogP contribution in [-0.2, 0) is 16.3 Å². The number of nitrogens with zero attached hydrogens (tertiary/aromatic N) is 2. The number of hydrogen-bond acceptors (Lipinski definition) is 7. The molecule has 0 atom stereocenters. The van der Waals surface area contributed by atoms with Crippen molar-refractivity contribution in [1.29, 1.82) is 0 Å². The van der Waals surface area contributed by atoms with Gasteiger partial charge in [-0.05, 0) is 12.0 Å². The van der Waals surface area contributed by atoms with E-state index in [0.29, 0.717) is 16.6 Å². The van der Waals surface area contributed by atoms with E-state index in [1.54, 1.807) is 0 Å². The van der Waals surface area contributed by atoms with E-state index in [-0.39, 0.29) is 16.8 Å². The zero-order valence-corrected chi connectivity index (χ0v) is 13.7. The highest BCUT2D eigenvalue weighted by atomic mass is 32.2. The lowest BCUT2D eigenvalue weighted by atomic mass is 10.0. The SMILES string of the molecule is CS(=O)(=O)c1[nH]c2nc(N)nc(N)c2c1-c1cccc2c1NCC2.